The highest BCUT2D eigenvalue weighted by molar-refractivity contribution is 5.84. The number of ketones is 1. The third kappa shape index (κ3) is 1.46. The van der Waals surface area contributed by atoms with Crippen molar-refractivity contribution in [2.45, 2.75) is 6.42 Å². The van der Waals surface area contributed by atoms with Crippen molar-refractivity contribution in [1.82, 2.24) is 0 Å². The van der Waals surface area contributed by atoms with E-state index in [0.29, 0.717) is 22.6 Å². The number of Topliss-reactive ketones (excluding diaryl/α,β-unsaturated/α-hetero) is 1. The SMILES string of the molecule is C=[N+]([O-])c1ccc2c(c1)CC(=O)CO2. The molecule has 0 bridgehead atoms. The molecule has 4 nitrogen and oxygen atoms in total. The molecule has 1 aromatic carbocycles. The number of nitrogens with zero attached hydrogens (tertiary/aromatic N) is 1. The number of benzene rings is 1. The molecule has 0 aromatic heterocycles. The fourth-order valence-corrected chi connectivity index (χ4v) is 1.42. The van der Waals surface area contributed by atoms with Crippen LogP contribution in [0.4, 0.5) is 5.69 Å². The van der Waals surface area contributed by atoms with Crippen LogP contribution in [0, 0.1) is 5.21 Å². The van der Waals surface area contributed by atoms with Gasteiger partial charge in [-0.1, -0.05) is 0 Å². The monoisotopic (exact) mass is 191 g/mol. The zero-order valence-corrected chi connectivity index (χ0v) is 7.53. The molecule has 0 saturated heterocycles. The van der Waals surface area contributed by atoms with Crippen LogP contribution in [0.15, 0.2) is 18.2 Å². The number of ether oxygens (including phenoxy) is 1. The number of carbonyl (C=O) groups excluding carboxylic acids is 1. The third-order valence-corrected chi connectivity index (χ3v) is 2.11. The summed E-state index contributed by atoms with van der Waals surface area (Å²) >= 11 is 0. The molecule has 1 heterocycles. The molecule has 0 N–H and O–H groups in total. The summed E-state index contributed by atoms with van der Waals surface area (Å²) in [6, 6.07) is 4.94. The van der Waals surface area contributed by atoms with Crippen molar-refractivity contribution in [2.75, 3.05) is 6.61 Å². The Morgan fingerprint density at radius 1 is 1.50 bits per heavy atom. The van der Waals surface area contributed by atoms with Crippen molar-refractivity contribution in [3.8, 4) is 5.75 Å². The second-order valence-corrected chi connectivity index (χ2v) is 3.17. The van der Waals surface area contributed by atoms with Gasteiger partial charge in [0.1, 0.15) is 19.1 Å². The first-order chi connectivity index (χ1) is 6.66. The minimum absolute atomic E-state index is 0.0242. The van der Waals surface area contributed by atoms with E-state index < -0.39 is 0 Å². The van der Waals surface area contributed by atoms with Crippen LogP contribution in [0.2, 0.25) is 0 Å². The van der Waals surface area contributed by atoms with Crippen molar-refractivity contribution in [3.05, 3.63) is 29.0 Å². The number of hydrogen-bond donors (Lipinski definition) is 0. The molecule has 1 aromatic rings. The Labute approximate surface area is 81.0 Å². The maximum absolute atomic E-state index is 11.1. The van der Waals surface area contributed by atoms with E-state index in [1.54, 1.807) is 18.2 Å². The summed E-state index contributed by atoms with van der Waals surface area (Å²) in [5, 5.41) is 10.9. The highest BCUT2D eigenvalue weighted by atomic mass is 16.5. The molecule has 0 saturated carbocycles. The number of fused-ring (bicyclic) bond motifs is 1. The normalized spacial score (nSPS) is 14.4. The summed E-state index contributed by atoms with van der Waals surface area (Å²) in [6.45, 7) is 3.35. The predicted octanol–water partition coefficient (Wildman–Crippen LogP) is 1.03. The maximum atomic E-state index is 11.1. The molecule has 0 fully saturated rings. The van der Waals surface area contributed by atoms with Crippen LogP contribution in [0.25, 0.3) is 0 Å². The van der Waals surface area contributed by atoms with Gasteiger partial charge in [-0.3, -0.25) is 4.79 Å². The van der Waals surface area contributed by atoms with Crippen LogP contribution in [-0.2, 0) is 11.2 Å². The van der Waals surface area contributed by atoms with Crippen molar-refractivity contribution in [2.24, 2.45) is 0 Å². The molecule has 0 amide bonds. The van der Waals surface area contributed by atoms with E-state index in [9.17, 15) is 10.0 Å². The average molecular weight is 191 g/mol. The predicted molar refractivity (Wildman–Crippen MR) is 51.1 cm³/mol. The molecule has 72 valence electrons. The molecule has 0 aliphatic carbocycles. The summed E-state index contributed by atoms with van der Waals surface area (Å²) in [6.07, 6.45) is 0.330. The standard InChI is InChI=1S/C10H9NO3/c1-11(13)8-2-3-10-7(4-8)5-9(12)6-14-10/h2-4H,1,5-6H2. The molecule has 2 rings (SSSR count). The van der Waals surface area contributed by atoms with Gasteiger partial charge < -0.3 is 9.94 Å². The summed E-state index contributed by atoms with van der Waals surface area (Å²) in [7, 11) is 0. The van der Waals surface area contributed by atoms with E-state index in [-0.39, 0.29) is 12.4 Å². The topological polar surface area (TPSA) is 52.4 Å². The Morgan fingerprint density at radius 3 is 3.00 bits per heavy atom. The molecule has 1 aliphatic heterocycles. The maximum Gasteiger partial charge on any atom is 0.216 e. The molecule has 14 heavy (non-hydrogen) atoms. The minimum Gasteiger partial charge on any atom is -0.619 e. The van der Waals surface area contributed by atoms with Gasteiger partial charge in [0, 0.05) is 24.1 Å². The van der Waals surface area contributed by atoms with Crippen LogP contribution in [0.5, 0.6) is 5.75 Å². The molecular formula is C10H9NO3. The lowest BCUT2D eigenvalue weighted by molar-refractivity contribution is -0.349. The first kappa shape index (κ1) is 8.74. The number of carbonyl (C=O) groups is 1. The van der Waals surface area contributed by atoms with Gasteiger partial charge in [-0.2, -0.15) is 4.74 Å². The van der Waals surface area contributed by atoms with Gasteiger partial charge in [-0.05, 0) is 6.07 Å². The highest BCUT2D eigenvalue weighted by Crippen LogP contribution is 2.27. The summed E-state index contributed by atoms with van der Waals surface area (Å²) < 4.78 is 5.69. The lowest BCUT2D eigenvalue weighted by Gasteiger charge is -2.16. The fraction of sp³-hybridized carbons (Fsp3) is 0.200. The molecule has 1 aliphatic rings. The Balaban J connectivity index is 2.42. The quantitative estimate of drug-likeness (QED) is 0.288. The molecule has 4 heteroatoms. The molecule has 0 radical (unpaired) electrons. The first-order valence-corrected chi connectivity index (χ1v) is 4.22. The van der Waals surface area contributed by atoms with Gasteiger partial charge in [-0.15, -0.1) is 0 Å². The Hall–Kier alpha value is -1.84. The van der Waals surface area contributed by atoms with Gasteiger partial charge in [0.15, 0.2) is 5.78 Å². The van der Waals surface area contributed by atoms with Crippen molar-refractivity contribution in [3.63, 3.8) is 0 Å². The largest absolute Gasteiger partial charge is 0.619 e. The average Bonchev–Trinajstić information content (AvgIpc) is 2.16. The van der Waals surface area contributed by atoms with Crippen LogP contribution in [-0.4, -0.2) is 23.8 Å². The van der Waals surface area contributed by atoms with Gasteiger partial charge in [-0.25, -0.2) is 0 Å². The van der Waals surface area contributed by atoms with E-state index in [2.05, 4.69) is 6.72 Å². The van der Waals surface area contributed by atoms with Gasteiger partial charge in [0.25, 0.3) is 0 Å². The lowest BCUT2D eigenvalue weighted by Crippen LogP contribution is -2.20. The van der Waals surface area contributed by atoms with Crippen LogP contribution >= 0.6 is 0 Å². The lowest BCUT2D eigenvalue weighted by atomic mass is 10.1. The summed E-state index contributed by atoms with van der Waals surface area (Å²) in [5.41, 5.74) is 1.19. The number of hydrogen-bond acceptors (Lipinski definition) is 3. The Bertz CT molecular complexity index is 412. The second-order valence-electron chi connectivity index (χ2n) is 3.17. The smallest absolute Gasteiger partial charge is 0.216 e. The van der Waals surface area contributed by atoms with Gasteiger partial charge >= 0.3 is 0 Å². The van der Waals surface area contributed by atoms with E-state index >= 15 is 0 Å². The van der Waals surface area contributed by atoms with Crippen molar-refractivity contribution in [1.29, 1.82) is 0 Å². The Morgan fingerprint density at radius 2 is 2.29 bits per heavy atom. The fourth-order valence-electron chi connectivity index (χ4n) is 1.42. The molecule has 0 atom stereocenters. The molecular weight excluding hydrogens is 182 g/mol. The van der Waals surface area contributed by atoms with E-state index in [1.807, 2.05) is 0 Å². The zero-order valence-electron chi connectivity index (χ0n) is 7.53. The summed E-state index contributed by atoms with van der Waals surface area (Å²) in [5.74, 6) is 0.700. The minimum atomic E-state index is 0.0242. The van der Waals surface area contributed by atoms with Crippen LogP contribution in [0.1, 0.15) is 5.56 Å². The van der Waals surface area contributed by atoms with E-state index in [1.165, 1.54) is 0 Å². The van der Waals surface area contributed by atoms with E-state index in [4.69, 9.17) is 4.74 Å². The molecule has 0 spiro atoms. The first-order valence-electron chi connectivity index (χ1n) is 4.22. The second kappa shape index (κ2) is 3.14. The van der Waals surface area contributed by atoms with Gasteiger partial charge in [0.2, 0.25) is 5.69 Å². The van der Waals surface area contributed by atoms with Crippen molar-refractivity contribution >= 4 is 18.2 Å². The highest BCUT2D eigenvalue weighted by Gasteiger charge is 2.18. The van der Waals surface area contributed by atoms with Gasteiger partial charge in [0.05, 0.1) is 0 Å². The molecule has 0 unspecified atom stereocenters. The van der Waals surface area contributed by atoms with Crippen molar-refractivity contribution < 1.29 is 14.3 Å². The third-order valence-electron chi connectivity index (χ3n) is 2.11. The van der Waals surface area contributed by atoms with Crippen LogP contribution in [0.3, 0.4) is 0 Å². The van der Waals surface area contributed by atoms with Crippen LogP contribution < -0.4 is 4.74 Å². The van der Waals surface area contributed by atoms with E-state index in [0.717, 1.165) is 5.56 Å². The number of rotatable bonds is 1. The summed E-state index contributed by atoms with van der Waals surface area (Å²) in [4.78, 5) is 11.1. The zero-order chi connectivity index (χ0) is 10.1. The Kier molecular flexibility index (Phi) is 1.96.